The fourth-order valence-electron chi connectivity index (χ4n) is 1.72. The lowest BCUT2D eigenvalue weighted by molar-refractivity contribution is -0.136. The van der Waals surface area contributed by atoms with Gasteiger partial charge in [-0.3, -0.25) is 0 Å². The molecule has 0 spiro atoms. The van der Waals surface area contributed by atoms with Crippen molar-refractivity contribution in [2.75, 3.05) is 6.61 Å². The number of carbonyl (C=O) groups excluding carboxylic acids is 1. The maximum Gasteiger partial charge on any atom is 0.349 e. The summed E-state index contributed by atoms with van der Waals surface area (Å²) in [7, 11) is 0. The first-order valence-corrected chi connectivity index (χ1v) is 6.64. The normalized spacial score (nSPS) is 9.71. The average Bonchev–Trinajstić information content (AvgIpc) is 2.54. The number of esters is 1. The van der Waals surface area contributed by atoms with Crippen molar-refractivity contribution in [3.05, 3.63) is 59.7 Å². The molecule has 0 heterocycles. The summed E-state index contributed by atoms with van der Waals surface area (Å²) >= 11 is 0. The lowest BCUT2D eigenvalue weighted by Crippen LogP contribution is -2.17. The van der Waals surface area contributed by atoms with Gasteiger partial charge in [0.15, 0.2) is 6.61 Å². The lowest BCUT2D eigenvalue weighted by Gasteiger charge is -2.07. The fourth-order valence-corrected chi connectivity index (χ4v) is 1.72. The average molecular weight is 281 g/mol. The lowest BCUT2D eigenvalue weighted by atomic mass is 10.2. The summed E-state index contributed by atoms with van der Waals surface area (Å²) in [5.74, 6) is 0.552. The molecule has 0 saturated carbocycles. The first-order valence-electron chi connectivity index (χ1n) is 6.64. The number of hydrogen-bond donors (Lipinski definition) is 0. The summed E-state index contributed by atoms with van der Waals surface area (Å²) in [5.41, 5.74) is 1.73. The first-order chi connectivity index (χ1) is 10.2. The molecule has 4 nitrogen and oxygen atoms in total. The molecule has 21 heavy (non-hydrogen) atoms. The number of benzene rings is 2. The highest BCUT2D eigenvalue weighted by molar-refractivity contribution is 5.73. The van der Waals surface area contributed by atoms with E-state index >= 15 is 0 Å². The van der Waals surface area contributed by atoms with Crippen molar-refractivity contribution >= 4 is 5.97 Å². The van der Waals surface area contributed by atoms with Crippen LogP contribution in [0.3, 0.4) is 0 Å². The van der Waals surface area contributed by atoms with Crippen LogP contribution in [0.15, 0.2) is 48.5 Å². The summed E-state index contributed by atoms with van der Waals surface area (Å²) in [6, 6.07) is 15.9. The van der Waals surface area contributed by atoms with Crippen LogP contribution in [0.2, 0.25) is 0 Å². The Morgan fingerprint density at radius 2 is 1.67 bits per heavy atom. The van der Waals surface area contributed by atoms with E-state index in [1.807, 2.05) is 18.2 Å². The van der Waals surface area contributed by atoms with Crippen molar-refractivity contribution < 1.29 is 14.3 Å². The van der Waals surface area contributed by atoms with E-state index in [1.165, 1.54) is 5.56 Å². The van der Waals surface area contributed by atoms with E-state index in [4.69, 9.17) is 14.7 Å². The molecular formula is C17H15NO3. The van der Waals surface area contributed by atoms with E-state index in [0.717, 1.165) is 6.42 Å². The highest BCUT2D eigenvalue weighted by atomic mass is 16.6. The van der Waals surface area contributed by atoms with Crippen LogP contribution in [-0.4, -0.2) is 12.6 Å². The fraction of sp³-hybridized carbons (Fsp3) is 0.176. The van der Waals surface area contributed by atoms with Gasteiger partial charge in [-0.2, -0.15) is 5.26 Å². The standard InChI is InChI=1S/C17H15NO3/c1-2-13-3-9-16(10-4-13)21-17(19)12-20-15-7-5-14(11-18)6-8-15/h3-10H,2,12H2,1H3. The Labute approximate surface area is 123 Å². The molecule has 0 radical (unpaired) electrons. The molecule has 0 aliphatic rings. The maximum atomic E-state index is 11.7. The molecule has 2 aromatic rings. The molecule has 0 aliphatic carbocycles. The Bertz CT molecular complexity index is 639. The van der Waals surface area contributed by atoms with Gasteiger partial charge in [0.05, 0.1) is 11.6 Å². The number of rotatable bonds is 5. The zero-order valence-electron chi connectivity index (χ0n) is 11.7. The van der Waals surface area contributed by atoms with E-state index < -0.39 is 5.97 Å². The number of hydrogen-bond acceptors (Lipinski definition) is 4. The molecule has 106 valence electrons. The van der Waals surface area contributed by atoms with E-state index in [9.17, 15) is 4.79 Å². The third kappa shape index (κ3) is 4.36. The van der Waals surface area contributed by atoms with Crippen LogP contribution in [-0.2, 0) is 11.2 Å². The summed E-state index contributed by atoms with van der Waals surface area (Å²) in [5, 5.41) is 8.68. The highest BCUT2D eigenvalue weighted by Crippen LogP contribution is 2.14. The number of aryl methyl sites for hydroxylation is 1. The number of nitriles is 1. The second-order valence-corrected chi connectivity index (χ2v) is 4.40. The van der Waals surface area contributed by atoms with Gasteiger partial charge in [-0.1, -0.05) is 19.1 Å². The first kappa shape index (κ1) is 14.6. The van der Waals surface area contributed by atoms with Gasteiger partial charge in [-0.25, -0.2) is 4.79 Å². The molecule has 2 rings (SSSR count). The predicted molar refractivity (Wildman–Crippen MR) is 78.1 cm³/mol. The Balaban J connectivity index is 1.84. The van der Waals surface area contributed by atoms with Crippen LogP contribution < -0.4 is 9.47 Å². The molecule has 0 saturated heterocycles. The van der Waals surface area contributed by atoms with Gasteiger partial charge in [-0.15, -0.1) is 0 Å². The summed E-state index contributed by atoms with van der Waals surface area (Å²) < 4.78 is 10.5. The Morgan fingerprint density at radius 3 is 2.24 bits per heavy atom. The van der Waals surface area contributed by atoms with Crippen molar-refractivity contribution in [1.82, 2.24) is 0 Å². The molecule has 4 heteroatoms. The molecule has 0 aromatic heterocycles. The monoisotopic (exact) mass is 281 g/mol. The minimum absolute atomic E-state index is 0.179. The zero-order valence-corrected chi connectivity index (χ0v) is 11.7. The summed E-state index contributed by atoms with van der Waals surface area (Å²) in [6.07, 6.45) is 0.941. The van der Waals surface area contributed by atoms with Gasteiger partial charge in [0, 0.05) is 0 Å². The maximum absolute atomic E-state index is 11.7. The van der Waals surface area contributed by atoms with Crippen LogP contribution in [0.1, 0.15) is 18.1 Å². The van der Waals surface area contributed by atoms with Gasteiger partial charge in [0.1, 0.15) is 11.5 Å². The van der Waals surface area contributed by atoms with Crippen LogP contribution in [0.4, 0.5) is 0 Å². The smallest absolute Gasteiger partial charge is 0.349 e. The van der Waals surface area contributed by atoms with Crippen molar-refractivity contribution in [2.24, 2.45) is 0 Å². The van der Waals surface area contributed by atoms with Crippen molar-refractivity contribution in [3.63, 3.8) is 0 Å². The second kappa shape index (κ2) is 7.11. The Kier molecular flexibility index (Phi) is 4.94. The Hall–Kier alpha value is -2.80. The van der Waals surface area contributed by atoms with Gasteiger partial charge in [0.25, 0.3) is 0 Å². The van der Waals surface area contributed by atoms with Crippen molar-refractivity contribution in [2.45, 2.75) is 13.3 Å². The number of nitrogens with zero attached hydrogens (tertiary/aromatic N) is 1. The molecular weight excluding hydrogens is 266 g/mol. The van der Waals surface area contributed by atoms with Crippen molar-refractivity contribution in [3.8, 4) is 17.6 Å². The van der Waals surface area contributed by atoms with E-state index in [-0.39, 0.29) is 6.61 Å². The van der Waals surface area contributed by atoms with Crippen LogP contribution in [0.5, 0.6) is 11.5 Å². The molecule has 0 atom stereocenters. The molecule has 0 N–H and O–H groups in total. The predicted octanol–water partition coefficient (Wildman–Crippen LogP) is 3.11. The minimum Gasteiger partial charge on any atom is -0.482 e. The van der Waals surface area contributed by atoms with Gasteiger partial charge < -0.3 is 9.47 Å². The molecule has 0 fully saturated rings. The molecule has 0 bridgehead atoms. The zero-order chi connectivity index (χ0) is 15.1. The quantitative estimate of drug-likeness (QED) is 0.624. The molecule has 0 aliphatic heterocycles. The SMILES string of the molecule is CCc1ccc(OC(=O)COc2ccc(C#N)cc2)cc1. The van der Waals surface area contributed by atoms with E-state index in [0.29, 0.717) is 17.1 Å². The minimum atomic E-state index is -0.469. The highest BCUT2D eigenvalue weighted by Gasteiger charge is 2.06. The number of carbonyl (C=O) groups is 1. The van der Waals surface area contributed by atoms with Gasteiger partial charge in [-0.05, 0) is 48.4 Å². The van der Waals surface area contributed by atoms with E-state index in [1.54, 1.807) is 36.4 Å². The van der Waals surface area contributed by atoms with Crippen LogP contribution in [0.25, 0.3) is 0 Å². The summed E-state index contributed by atoms with van der Waals surface area (Å²) in [6.45, 7) is 1.88. The third-order valence-corrected chi connectivity index (χ3v) is 2.90. The molecule has 0 amide bonds. The second-order valence-electron chi connectivity index (χ2n) is 4.40. The third-order valence-electron chi connectivity index (χ3n) is 2.90. The largest absolute Gasteiger partial charge is 0.482 e. The van der Waals surface area contributed by atoms with Crippen LogP contribution in [0, 0.1) is 11.3 Å². The Morgan fingerprint density at radius 1 is 1.05 bits per heavy atom. The van der Waals surface area contributed by atoms with Crippen LogP contribution >= 0.6 is 0 Å². The van der Waals surface area contributed by atoms with Gasteiger partial charge >= 0.3 is 5.97 Å². The summed E-state index contributed by atoms with van der Waals surface area (Å²) in [4.78, 5) is 11.7. The molecule has 2 aromatic carbocycles. The topological polar surface area (TPSA) is 59.3 Å². The van der Waals surface area contributed by atoms with E-state index in [2.05, 4.69) is 6.92 Å². The van der Waals surface area contributed by atoms with Crippen molar-refractivity contribution in [1.29, 1.82) is 5.26 Å². The molecule has 0 unspecified atom stereocenters. The van der Waals surface area contributed by atoms with Gasteiger partial charge in [0.2, 0.25) is 0 Å². The number of ether oxygens (including phenoxy) is 2.